The molecule has 0 bridgehead atoms. The predicted octanol–water partition coefficient (Wildman–Crippen LogP) is 3.56. The topological polar surface area (TPSA) is 24.4 Å². The van der Waals surface area contributed by atoms with Crippen LogP contribution in [0, 0.1) is 0 Å². The van der Waals surface area contributed by atoms with Gasteiger partial charge in [0, 0.05) is 13.1 Å². The van der Waals surface area contributed by atoms with Gasteiger partial charge in [0.05, 0.1) is 0 Å². The van der Waals surface area contributed by atoms with Crippen molar-refractivity contribution in [2.45, 2.75) is 11.3 Å². The Kier molecular flexibility index (Phi) is 3.75. The summed E-state index contributed by atoms with van der Waals surface area (Å²) in [6.45, 7) is 1.75. The molecule has 2 aromatic carbocycles. The van der Waals surface area contributed by atoms with Crippen LogP contribution in [-0.2, 0) is 4.87 Å². The SMILES string of the molecule is ClC(C1=NCCCN1)(c1ccccc1)c1ccccc1. The molecule has 20 heavy (non-hydrogen) atoms. The highest BCUT2D eigenvalue weighted by atomic mass is 35.5. The zero-order valence-corrected chi connectivity index (χ0v) is 12.0. The lowest BCUT2D eigenvalue weighted by Gasteiger charge is -2.32. The maximum Gasteiger partial charge on any atom is 0.151 e. The zero-order valence-electron chi connectivity index (χ0n) is 11.2. The van der Waals surface area contributed by atoms with E-state index in [4.69, 9.17) is 11.6 Å². The minimum atomic E-state index is -0.733. The summed E-state index contributed by atoms with van der Waals surface area (Å²) in [6.07, 6.45) is 1.06. The van der Waals surface area contributed by atoms with Gasteiger partial charge in [0.15, 0.2) is 4.87 Å². The van der Waals surface area contributed by atoms with Gasteiger partial charge in [-0.1, -0.05) is 60.7 Å². The van der Waals surface area contributed by atoms with Crippen LogP contribution in [0.5, 0.6) is 0 Å². The van der Waals surface area contributed by atoms with Crippen LogP contribution in [0.4, 0.5) is 0 Å². The Bertz CT molecular complexity index is 553. The minimum absolute atomic E-state index is 0.733. The number of alkyl halides is 1. The summed E-state index contributed by atoms with van der Waals surface area (Å²) in [5, 5.41) is 3.37. The van der Waals surface area contributed by atoms with E-state index in [1.807, 2.05) is 36.4 Å². The van der Waals surface area contributed by atoms with Crippen molar-refractivity contribution in [3.8, 4) is 0 Å². The summed E-state index contributed by atoms with van der Waals surface area (Å²) in [7, 11) is 0. The first-order chi connectivity index (χ1) is 9.82. The lowest BCUT2D eigenvalue weighted by Crippen LogP contribution is -2.44. The molecule has 1 heterocycles. The summed E-state index contributed by atoms with van der Waals surface area (Å²) in [4.78, 5) is 3.89. The fourth-order valence-electron chi connectivity index (χ4n) is 2.54. The number of aliphatic imine (C=N–C) groups is 1. The molecular formula is C17H17ClN2. The smallest absolute Gasteiger partial charge is 0.151 e. The number of benzene rings is 2. The van der Waals surface area contributed by atoms with Crippen LogP contribution in [0.15, 0.2) is 65.7 Å². The van der Waals surface area contributed by atoms with Crippen LogP contribution < -0.4 is 5.32 Å². The summed E-state index contributed by atoms with van der Waals surface area (Å²) in [5.41, 5.74) is 2.09. The van der Waals surface area contributed by atoms with E-state index in [0.717, 1.165) is 36.5 Å². The molecule has 0 unspecified atom stereocenters. The first kappa shape index (κ1) is 13.2. The summed E-state index contributed by atoms with van der Waals surface area (Å²) in [6, 6.07) is 20.3. The molecule has 0 saturated heterocycles. The number of nitrogens with zero attached hydrogens (tertiary/aromatic N) is 1. The molecule has 0 fully saturated rings. The molecule has 1 N–H and O–H groups in total. The van der Waals surface area contributed by atoms with Crippen LogP contribution in [-0.4, -0.2) is 18.9 Å². The van der Waals surface area contributed by atoms with Gasteiger partial charge in [0.2, 0.25) is 0 Å². The van der Waals surface area contributed by atoms with Crippen LogP contribution >= 0.6 is 11.6 Å². The van der Waals surface area contributed by atoms with Crippen LogP contribution in [0.25, 0.3) is 0 Å². The molecule has 0 spiro atoms. The van der Waals surface area contributed by atoms with Gasteiger partial charge in [-0.05, 0) is 17.5 Å². The average molecular weight is 285 g/mol. The molecule has 0 amide bonds. The van der Waals surface area contributed by atoms with Crippen molar-refractivity contribution in [1.82, 2.24) is 5.32 Å². The van der Waals surface area contributed by atoms with E-state index in [1.165, 1.54) is 0 Å². The third kappa shape index (κ3) is 2.32. The second-order valence-corrected chi connectivity index (χ2v) is 5.47. The first-order valence-electron chi connectivity index (χ1n) is 6.90. The van der Waals surface area contributed by atoms with E-state index in [2.05, 4.69) is 34.6 Å². The van der Waals surface area contributed by atoms with Gasteiger partial charge in [0.25, 0.3) is 0 Å². The molecule has 102 valence electrons. The molecular weight excluding hydrogens is 268 g/mol. The lowest BCUT2D eigenvalue weighted by molar-refractivity contribution is 0.707. The normalized spacial score (nSPS) is 15.3. The Morgan fingerprint density at radius 1 is 0.900 bits per heavy atom. The predicted molar refractivity (Wildman–Crippen MR) is 84.4 cm³/mol. The first-order valence-corrected chi connectivity index (χ1v) is 7.28. The minimum Gasteiger partial charge on any atom is -0.372 e. The maximum absolute atomic E-state index is 7.08. The van der Waals surface area contributed by atoms with Crippen molar-refractivity contribution in [2.24, 2.45) is 4.99 Å². The van der Waals surface area contributed by atoms with Crippen molar-refractivity contribution < 1.29 is 0 Å². The molecule has 1 aliphatic heterocycles. The molecule has 0 aliphatic carbocycles. The maximum atomic E-state index is 7.08. The molecule has 1 aliphatic rings. The van der Waals surface area contributed by atoms with Crippen molar-refractivity contribution in [3.05, 3.63) is 71.8 Å². The molecule has 3 heteroatoms. The van der Waals surface area contributed by atoms with Crippen LogP contribution in [0.1, 0.15) is 17.5 Å². The zero-order chi connectivity index (χ0) is 13.8. The quantitative estimate of drug-likeness (QED) is 0.856. The third-order valence-corrected chi connectivity index (χ3v) is 4.18. The Labute approximate surface area is 124 Å². The molecule has 0 atom stereocenters. The summed E-state index contributed by atoms with van der Waals surface area (Å²) in [5.74, 6) is 0.850. The van der Waals surface area contributed by atoms with Crippen molar-refractivity contribution in [1.29, 1.82) is 0 Å². The summed E-state index contributed by atoms with van der Waals surface area (Å²) >= 11 is 7.08. The molecule has 2 nitrogen and oxygen atoms in total. The number of hydrogen-bond donors (Lipinski definition) is 1. The third-order valence-electron chi connectivity index (χ3n) is 3.57. The van der Waals surface area contributed by atoms with E-state index in [9.17, 15) is 0 Å². The van der Waals surface area contributed by atoms with Gasteiger partial charge in [-0.25, -0.2) is 0 Å². The lowest BCUT2D eigenvalue weighted by atomic mass is 9.88. The van der Waals surface area contributed by atoms with E-state index in [1.54, 1.807) is 0 Å². The second-order valence-electron chi connectivity index (χ2n) is 4.90. The van der Waals surface area contributed by atoms with Gasteiger partial charge in [-0.3, -0.25) is 4.99 Å². The number of hydrogen-bond acceptors (Lipinski definition) is 2. The van der Waals surface area contributed by atoms with Gasteiger partial charge in [-0.15, -0.1) is 11.6 Å². The largest absolute Gasteiger partial charge is 0.372 e. The second kappa shape index (κ2) is 5.68. The highest BCUT2D eigenvalue weighted by Crippen LogP contribution is 2.38. The molecule has 2 aromatic rings. The van der Waals surface area contributed by atoms with Crippen LogP contribution in [0.2, 0.25) is 0 Å². The van der Waals surface area contributed by atoms with Crippen molar-refractivity contribution in [3.63, 3.8) is 0 Å². The monoisotopic (exact) mass is 284 g/mol. The van der Waals surface area contributed by atoms with Gasteiger partial charge < -0.3 is 5.32 Å². The average Bonchev–Trinajstić information content (AvgIpc) is 2.56. The number of rotatable bonds is 3. The molecule has 0 aromatic heterocycles. The Hall–Kier alpha value is -1.80. The molecule has 0 radical (unpaired) electrons. The highest BCUT2D eigenvalue weighted by Gasteiger charge is 2.38. The Morgan fingerprint density at radius 2 is 1.45 bits per heavy atom. The van der Waals surface area contributed by atoms with Gasteiger partial charge >= 0.3 is 0 Å². The van der Waals surface area contributed by atoms with Crippen LogP contribution in [0.3, 0.4) is 0 Å². The number of amidine groups is 1. The van der Waals surface area contributed by atoms with Crippen molar-refractivity contribution in [2.75, 3.05) is 13.1 Å². The Balaban J connectivity index is 2.15. The van der Waals surface area contributed by atoms with E-state index in [0.29, 0.717) is 0 Å². The van der Waals surface area contributed by atoms with E-state index in [-0.39, 0.29) is 0 Å². The van der Waals surface area contributed by atoms with Gasteiger partial charge in [0.1, 0.15) is 5.84 Å². The standard InChI is InChI=1S/C17H17ClN2/c18-17(14-8-3-1-4-9-14,15-10-5-2-6-11-15)16-19-12-7-13-20-16/h1-6,8-11H,7,12-13H2,(H,19,20). The number of nitrogens with one attached hydrogen (secondary N) is 1. The van der Waals surface area contributed by atoms with E-state index < -0.39 is 4.87 Å². The van der Waals surface area contributed by atoms with Crippen molar-refractivity contribution >= 4 is 17.4 Å². The Morgan fingerprint density at radius 3 is 1.90 bits per heavy atom. The molecule has 0 saturated carbocycles. The summed E-state index contributed by atoms with van der Waals surface area (Å²) < 4.78 is 0. The fourth-order valence-corrected chi connectivity index (χ4v) is 2.92. The highest BCUT2D eigenvalue weighted by molar-refractivity contribution is 6.38. The fraction of sp³-hybridized carbons (Fsp3) is 0.235. The van der Waals surface area contributed by atoms with E-state index >= 15 is 0 Å². The van der Waals surface area contributed by atoms with Gasteiger partial charge in [-0.2, -0.15) is 0 Å². The molecule has 3 rings (SSSR count). The number of halogens is 1.